The van der Waals surface area contributed by atoms with Gasteiger partial charge in [-0.2, -0.15) is 0 Å². The van der Waals surface area contributed by atoms with Gasteiger partial charge >= 0.3 is 0 Å². The summed E-state index contributed by atoms with van der Waals surface area (Å²) in [5, 5.41) is 3.62. The lowest BCUT2D eigenvalue weighted by molar-refractivity contribution is 0.662. The molecule has 1 N–H and O–H groups in total. The van der Waals surface area contributed by atoms with Crippen LogP contribution in [0, 0.1) is 5.92 Å². The predicted molar refractivity (Wildman–Crippen MR) is 144 cm³/mol. The molecular weight excluding hydrogens is 420 g/mol. The van der Waals surface area contributed by atoms with Crippen molar-refractivity contribution in [2.24, 2.45) is 5.92 Å². The summed E-state index contributed by atoms with van der Waals surface area (Å²) in [7, 11) is 0. The molecular formula is C30H28N2S. The summed E-state index contributed by atoms with van der Waals surface area (Å²) < 4.78 is 0. The van der Waals surface area contributed by atoms with Gasteiger partial charge in [0.25, 0.3) is 0 Å². The fourth-order valence-electron chi connectivity index (χ4n) is 3.98. The van der Waals surface area contributed by atoms with Gasteiger partial charge in [0.1, 0.15) is 0 Å². The fraction of sp³-hybridized carbons (Fsp3) is 0.133. The number of anilines is 3. The molecule has 0 saturated heterocycles. The number of benzene rings is 2. The number of hydrogen-bond donors (Lipinski definition) is 1. The second kappa shape index (κ2) is 9.60. The SMILES string of the molecule is C=C1/C=C\C=C/N(c2ccc(Nc3ccccc3SC3=C4C=CC4C3)cc2)C/C=C\C=C1C. The van der Waals surface area contributed by atoms with Crippen LogP contribution in [0.4, 0.5) is 17.1 Å². The highest BCUT2D eigenvalue weighted by molar-refractivity contribution is 8.03. The van der Waals surface area contributed by atoms with E-state index in [2.05, 4.69) is 115 Å². The fourth-order valence-corrected chi connectivity index (χ4v) is 5.22. The molecule has 1 heterocycles. The number of hydrogen-bond acceptors (Lipinski definition) is 3. The molecule has 2 aromatic carbocycles. The number of fused-ring (bicyclic) bond motifs is 1. The Morgan fingerprint density at radius 1 is 1.00 bits per heavy atom. The minimum atomic E-state index is 0.722. The van der Waals surface area contributed by atoms with Gasteiger partial charge in [-0.3, -0.25) is 0 Å². The van der Waals surface area contributed by atoms with Crippen LogP contribution in [0.5, 0.6) is 0 Å². The topological polar surface area (TPSA) is 15.3 Å². The van der Waals surface area contributed by atoms with Crippen LogP contribution >= 0.6 is 11.8 Å². The van der Waals surface area contributed by atoms with Crippen molar-refractivity contribution >= 4 is 28.8 Å². The van der Waals surface area contributed by atoms with Crippen molar-refractivity contribution < 1.29 is 0 Å². The van der Waals surface area contributed by atoms with Crippen molar-refractivity contribution in [2.75, 3.05) is 16.8 Å². The van der Waals surface area contributed by atoms with E-state index < -0.39 is 0 Å². The van der Waals surface area contributed by atoms with E-state index in [1.807, 2.05) is 23.9 Å². The Morgan fingerprint density at radius 2 is 1.85 bits per heavy atom. The van der Waals surface area contributed by atoms with E-state index in [9.17, 15) is 0 Å². The number of para-hydroxylation sites is 1. The first kappa shape index (κ1) is 21.4. The maximum Gasteiger partial charge on any atom is 0.0525 e. The lowest BCUT2D eigenvalue weighted by Gasteiger charge is -2.35. The largest absolute Gasteiger partial charge is 0.355 e. The zero-order valence-electron chi connectivity index (χ0n) is 18.9. The summed E-state index contributed by atoms with van der Waals surface area (Å²) in [5.41, 5.74) is 7.13. The number of allylic oxidation sites excluding steroid dienone is 11. The second-order valence-electron chi connectivity index (χ2n) is 8.47. The van der Waals surface area contributed by atoms with Gasteiger partial charge in [0.05, 0.1) is 5.69 Å². The Kier molecular flexibility index (Phi) is 6.23. The molecule has 0 amide bonds. The van der Waals surface area contributed by atoms with Gasteiger partial charge < -0.3 is 10.2 Å². The molecule has 1 aliphatic heterocycles. The second-order valence-corrected chi connectivity index (χ2v) is 9.61. The zero-order valence-corrected chi connectivity index (χ0v) is 19.7. The van der Waals surface area contributed by atoms with Gasteiger partial charge in [-0.05, 0) is 77.4 Å². The van der Waals surface area contributed by atoms with E-state index in [1.54, 1.807) is 0 Å². The Hall–Kier alpha value is -3.43. The minimum Gasteiger partial charge on any atom is -0.355 e. The summed E-state index contributed by atoms with van der Waals surface area (Å²) in [5.74, 6) is 0.722. The minimum absolute atomic E-state index is 0.722. The van der Waals surface area contributed by atoms with E-state index in [4.69, 9.17) is 0 Å². The van der Waals surface area contributed by atoms with Crippen LogP contribution in [0.1, 0.15) is 13.3 Å². The number of nitrogens with one attached hydrogen (secondary N) is 1. The average molecular weight is 449 g/mol. The van der Waals surface area contributed by atoms with E-state index in [1.165, 1.54) is 27.4 Å². The van der Waals surface area contributed by atoms with Crippen molar-refractivity contribution in [3.8, 4) is 0 Å². The highest BCUT2D eigenvalue weighted by Gasteiger charge is 2.31. The first-order chi connectivity index (χ1) is 16.2. The molecule has 0 radical (unpaired) electrons. The van der Waals surface area contributed by atoms with Crippen LogP contribution < -0.4 is 10.2 Å². The lowest BCUT2D eigenvalue weighted by atomic mass is 9.76. The third-order valence-corrected chi connectivity index (χ3v) is 7.42. The van der Waals surface area contributed by atoms with Gasteiger partial charge in [0.2, 0.25) is 0 Å². The maximum absolute atomic E-state index is 4.11. The van der Waals surface area contributed by atoms with Gasteiger partial charge in [0, 0.05) is 34.9 Å². The van der Waals surface area contributed by atoms with E-state index in [-0.39, 0.29) is 0 Å². The number of thioether (sulfide) groups is 1. The van der Waals surface area contributed by atoms with Crippen LogP contribution in [0.2, 0.25) is 0 Å². The van der Waals surface area contributed by atoms with Crippen LogP contribution in [0.3, 0.4) is 0 Å². The Bertz CT molecular complexity index is 1240. The standard InChI is InChI=1S/C30H28N2S/c1-22-9-5-7-19-32(20-8-6-10-23(22)2)26-16-14-25(15-17-26)31-28-11-3-4-12-29(28)33-30-21-24-13-18-27(24)30/h3-19,24,31H,1,20-21H2,2H3/b8-6-,9-5-,19-7-,23-10?. The normalized spacial score (nSPS) is 22.3. The van der Waals surface area contributed by atoms with Crippen molar-refractivity contribution in [1.29, 1.82) is 0 Å². The van der Waals surface area contributed by atoms with E-state index in [0.29, 0.717) is 0 Å². The molecule has 2 aliphatic carbocycles. The van der Waals surface area contributed by atoms with E-state index in [0.717, 1.165) is 35.1 Å². The Labute approximate surface area is 201 Å². The van der Waals surface area contributed by atoms with Crippen LogP contribution in [0.25, 0.3) is 0 Å². The Morgan fingerprint density at radius 3 is 2.61 bits per heavy atom. The zero-order chi connectivity index (χ0) is 22.6. The maximum atomic E-state index is 4.11. The quantitative estimate of drug-likeness (QED) is 0.495. The average Bonchev–Trinajstić information content (AvgIpc) is 2.85. The van der Waals surface area contributed by atoms with Crippen molar-refractivity contribution in [2.45, 2.75) is 18.2 Å². The molecule has 1 atom stereocenters. The third kappa shape index (κ3) is 4.84. The van der Waals surface area contributed by atoms with Gasteiger partial charge in [-0.15, -0.1) is 0 Å². The summed E-state index contributed by atoms with van der Waals surface area (Å²) in [6, 6.07) is 17.2. The molecule has 2 aromatic rings. The summed E-state index contributed by atoms with van der Waals surface area (Å²) in [6.07, 6.45) is 20.4. The van der Waals surface area contributed by atoms with Gasteiger partial charge in [0.15, 0.2) is 0 Å². The van der Waals surface area contributed by atoms with Crippen LogP contribution in [0.15, 0.2) is 136 Å². The summed E-state index contributed by atoms with van der Waals surface area (Å²) in [4.78, 5) is 5.02. The molecule has 33 heavy (non-hydrogen) atoms. The predicted octanol–water partition coefficient (Wildman–Crippen LogP) is 8.31. The Balaban J connectivity index is 1.30. The van der Waals surface area contributed by atoms with Crippen molar-refractivity contribution in [3.05, 3.63) is 132 Å². The molecule has 5 rings (SSSR count). The lowest BCUT2D eigenvalue weighted by Crippen LogP contribution is -2.19. The van der Waals surface area contributed by atoms with Crippen molar-refractivity contribution in [3.63, 3.8) is 0 Å². The molecule has 164 valence electrons. The number of nitrogens with zero attached hydrogens (tertiary/aromatic N) is 1. The molecule has 0 saturated carbocycles. The van der Waals surface area contributed by atoms with Crippen LogP contribution in [-0.2, 0) is 0 Å². The molecule has 3 heteroatoms. The molecule has 3 aliphatic rings. The number of rotatable bonds is 5. The van der Waals surface area contributed by atoms with Gasteiger partial charge in [-0.25, -0.2) is 0 Å². The summed E-state index contributed by atoms with van der Waals surface area (Å²) >= 11 is 1.90. The first-order valence-electron chi connectivity index (χ1n) is 11.4. The molecule has 0 spiro atoms. The van der Waals surface area contributed by atoms with Crippen molar-refractivity contribution in [1.82, 2.24) is 0 Å². The molecule has 0 bridgehead atoms. The van der Waals surface area contributed by atoms with Gasteiger partial charge in [-0.1, -0.05) is 73.0 Å². The molecule has 2 nitrogen and oxygen atoms in total. The smallest absolute Gasteiger partial charge is 0.0525 e. The monoisotopic (exact) mass is 448 g/mol. The molecule has 0 aromatic heterocycles. The summed E-state index contributed by atoms with van der Waals surface area (Å²) in [6.45, 7) is 7.00. The molecule has 0 fully saturated rings. The molecule has 1 unspecified atom stereocenters. The first-order valence-corrected chi connectivity index (χ1v) is 12.2. The third-order valence-electron chi connectivity index (χ3n) is 6.20. The highest BCUT2D eigenvalue weighted by atomic mass is 32.2. The highest BCUT2D eigenvalue weighted by Crippen LogP contribution is 2.51. The van der Waals surface area contributed by atoms with Crippen LogP contribution in [-0.4, -0.2) is 6.54 Å². The van der Waals surface area contributed by atoms with E-state index >= 15 is 0 Å².